The third-order valence-electron chi connectivity index (χ3n) is 2.77. The minimum atomic E-state index is 0.542. The van der Waals surface area contributed by atoms with Crippen LogP contribution in [0.4, 0.5) is 0 Å². The Hall–Kier alpha value is -1.83. The van der Waals surface area contributed by atoms with Crippen molar-refractivity contribution in [3.05, 3.63) is 58.1 Å². The molecule has 0 amide bonds. The predicted molar refractivity (Wildman–Crippen MR) is 82.8 cm³/mol. The summed E-state index contributed by atoms with van der Waals surface area (Å²) in [5, 5.41) is 12.5. The van der Waals surface area contributed by atoms with Crippen LogP contribution in [0, 0.1) is 11.3 Å². The van der Waals surface area contributed by atoms with E-state index in [4.69, 9.17) is 4.74 Å². The fourth-order valence-electron chi connectivity index (χ4n) is 1.79. The molecule has 0 aromatic heterocycles. The average Bonchev–Trinajstić information content (AvgIpc) is 2.46. The molecule has 0 saturated carbocycles. The number of hydrogen-bond acceptors (Lipinski definition) is 3. The Morgan fingerprint density at radius 3 is 2.80 bits per heavy atom. The molecule has 0 aliphatic rings. The van der Waals surface area contributed by atoms with Crippen molar-refractivity contribution in [2.45, 2.75) is 13.5 Å². The average molecular weight is 331 g/mol. The van der Waals surface area contributed by atoms with Gasteiger partial charge in [-0.3, -0.25) is 0 Å². The predicted octanol–water partition coefficient (Wildman–Crippen LogP) is 4.22. The molecule has 0 heterocycles. The molecule has 4 heteroatoms. The second kappa shape index (κ2) is 7.09. The van der Waals surface area contributed by atoms with Crippen molar-refractivity contribution < 1.29 is 4.74 Å². The van der Waals surface area contributed by atoms with E-state index in [0.717, 1.165) is 23.1 Å². The van der Waals surface area contributed by atoms with Crippen LogP contribution in [-0.2, 0) is 6.54 Å². The highest BCUT2D eigenvalue weighted by atomic mass is 79.9. The molecule has 0 fully saturated rings. The zero-order chi connectivity index (χ0) is 14.4. The zero-order valence-corrected chi connectivity index (χ0v) is 12.8. The van der Waals surface area contributed by atoms with Gasteiger partial charge in [-0.25, -0.2) is 0 Å². The van der Waals surface area contributed by atoms with Gasteiger partial charge in [-0.15, -0.1) is 0 Å². The van der Waals surface area contributed by atoms with Gasteiger partial charge in [0.1, 0.15) is 17.6 Å². The first-order valence-corrected chi connectivity index (χ1v) is 7.19. The lowest BCUT2D eigenvalue weighted by atomic mass is 10.1. The SMILES string of the molecule is CCNCc1ccc(Oc2cccc(Br)c2)c(C#N)c1. The Labute approximate surface area is 127 Å². The number of nitrogens with zero attached hydrogens (tertiary/aromatic N) is 1. The molecule has 2 aromatic rings. The minimum absolute atomic E-state index is 0.542. The van der Waals surface area contributed by atoms with Gasteiger partial charge in [0.15, 0.2) is 0 Å². The number of ether oxygens (including phenoxy) is 1. The number of nitrogens with one attached hydrogen (secondary N) is 1. The summed E-state index contributed by atoms with van der Waals surface area (Å²) in [5.41, 5.74) is 1.62. The maximum atomic E-state index is 9.24. The number of benzene rings is 2. The molecular weight excluding hydrogens is 316 g/mol. The van der Waals surface area contributed by atoms with Gasteiger partial charge in [0.2, 0.25) is 0 Å². The topological polar surface area (TPSA) is 45.0 Å². The fraction of sp³-hybridized carbons (Fsp3) is 0.188. The van der Waals surface area contributed by atoms with Crippen LogP contribution in [0.5, 0.6) is 11.5 Å². The fourth-order valence-corrected chi connectivity index (χ4v) is 2.17. The number of halogens is 1. The summed E-state index contributed by atoms with van der Waals surface area (Å²) in [6.07, 6.45) is 0. The second-order valence-electron chi connectivity index (χ2n) is 4.28. The normalized spacial score (nSPS) is 10.1. The summed E-state index contributed by atoms with van der Waals surface area (Å²) in [7, 11) is 0. The molecule has 2 aromatic carbocycles. The maximum Gasteiger partial charge on any atom is 0.145 e. The largest absolute Gasteiger partial charge is 0.456 e. The van der Waals surface area contributed by atoms with E-state index < -0.39 is 0 Å². The van der Waals surface area contributed by atoms with E-state index in [1.54, 1.807) is 0 Å². The molecule has 0 atom stereocenters. The van der Waals surface area contributed by atoms with Crippen LogP contribution >= 0.6 is 15.9 Å². The first-order chi connectivity index (χ1) is 9.72. The first kappa shape index (κ1) is 14.6. The Bertz CT molecular complexity index is 635. The van der Waals surface area contributed by atoms with Crippen LogP contribution in [0.2, 0.25) is 0 Å². The van der Waals surface area contributed by atoms with Crippen LogP contribution in [0.25, 0.3) is 0 Å². The van der Waals surface area contributed by atoms with Crippen molar-refractivity contribution in [1.29, 1.82) is 5.26 Å². The van der Waals surface area contributed by atoms with E-state index in [2.05, 4.69) is 34.2 Å². The number of rotatable bonds is 5. The molecule has 1 N–H and O–H groups in total. The van der Waals surface area contributed by atoms with Gasteiger partial charge in [-0.2, -0.15) is 5.26 Å². The molecule has 0 radical (unpaired) electrons. The Kier molecular flexibility index (Phi) is 5.16. The van der Waals surface area contributed by atoms with Gasteiger partial charge in [0.25, 0.3) is 0 Å². The van der Waals surface area contributed by atoms with Crippen molar-refractivity contribution in [2.75, 3.05) is 6.54 Å². The third-order valence-corrected chi connectivity index (χ3v) is 3.26. The van der Waals surface area contributed by atoms with Crippen molar-refractivity contribution in [1.82, 2.24) is 5.32 Å². The molecule has 0 spiro atoms. The summed E-state index contributed by atoms with van der Waals surface area (Å²) in [6, 6.07) is 15.4. The lowest BCUT2D eigenvalue weighted by Gasteiger charge is -2.09. The second-order valence-corrected chi connectivity index (χ2v) is 5.20. The highest BCUT2D eigenvalue weighted by molar-refractivity contribution is 9.10. The summed E-state index contributed by atoms with van der Waals surface area (Å²) in [6.45, 7) is 3.70. The molecule has 0 aliphatic heterocycles. The molecule has 0 unspecified atom stereocenters. The van der Waals surface area contributed by atoms with Gasteiger partial charge in [-0.05, 0) is 42.4 Å². The van der Waals surface area contributed by atoms with E-state index in [9.17, 15) is 5.26 Å². The van der Waals surface area contributed by atoms with Crippen molar-refractivity contribution >= 4 is 15.9 Å². The van der Waals surface area contributed by atoms with Gasteiger partial charge in [0.05, 0.1) is 5.56 Å². The smallest absolute Gasteiger partial charge is 0.145 e. The van der Waals surface area contributed by atoms with Crippen molar-refractivity contribution in [3.63, 3.8) is 0 Å². The molecule has 102 valence electrons. The van der Waals surface area contributed by atoms with Crippen LogP contribution in [0.3, 0.4) is 0 Å². The van der Waals surface area contributed by atoms with E-state index >= 15 is 0 Å². The minimum Gasteiger partial charge on any atom is -0.456 e. The molecule has 2 rings (SSSR count). The molecule has 0 saturated heterocycles. The van der Waals surface area contributed by atoms with E-state index in [1.165, 1.54) is 0 Å². The summed E-state index contributed by atoms with van der Waals surface area (Å²) >= 11 is 3.40. The van der Waals surface area contributed by atoms with E-state index in [0.29, 0.717) is 17.1 Å². The lowest BCUT2D eigenvalue weighted by molar-refractivity contribution is 0.480. The van der Waals surface area contributed by atoms with E-state index in [1.807, 2.05) is 42.5 Å². The third kappa shape index (κ3) is 3.83. The molecule has 0 aliphatic carbocycles. The van der Waals surface area contributed by atoms with Gasteiger partial charge >= 0.3 is 0 Å². The van der Waals surface area contributed by atoms with Crippen LogP contribution < -0.4 is 10.1 Å². The van der Waals surface area contributed by atoms with Crippen LogP contribution in [-0.4, -0.2) is 6.54 Å². The first-order valence-electron chi connectivity index (χ1n) is 6.40. The Balaban J connectivity index is 2.22. The highest BCUT2D eigenvalue weighted by Gasteiger charge is 2.06. The van der Waals surface area contributed by atoms with Crippen LogP contribution in [0.15, 0.2) is 46.9 Å². The highest BCUT2D eigenvalue weighted by Crippen LogP contribution is 2.27. The van der Waals surface area contributed by atoms with Crippen molar-refractivity contribution in [2.24, 2.45) is 0 Å². The molecule has 3 nitrogen and oxygen atoms in total. The zero-order valence-electron chi connectivity index (χ0n) is 11.2. The quantitative estimate of drug-likeness (QED) is 0.892. The molecule has 0 bridgehead atoms. The Morgan fingerprint density at radius 2 is 2.10 bits per heavy atom. The monoisotopic (exact) mass is 330 g/mol. The summed E-state index contributed by atoms with van der Waals surface area (Å²) < 4.78 is 6.71. The van der Waals surface area contributed by atoms with Crippen molar-refractivity contribution in [3.8, 4) is 17.6 Å². The van der Waals surface area contributed by atoms with Gasteiger partial charge in [0, 0.05) is 11.0 Å². The van der Waals surface area contributed by atoms with Crippen LogP contribution in [0.1, 0.15) is 18.1 Å². The maximum absolute atomic E-state index is 9.24. The lowest BCUT2D eigenvalue weighted by Crippen LogP contribution is -2.11. The van der Waals surface area contributed by atoms with Gasteiger partial charge < -0.3 is 10.1 Å². The van der Waals surface area contributed by atoms with Gasteiger partial charge in [-0.1, -0.05) is 35.0 Å². The molecular formula is C16H15BrN2O. The Morgan fingerprint density at radius 1 is 1.25 bits per heavy atom. The summed E-state index contributed by atoms with van der Waals surface area (Å²) in [5.74, 6) is 1.28. The van der Waals surface area contributed by atoms with E-state index in [-0.39, 0.29) is 0 Å². The molecule has 20 heavy (non-hydrogen) atoms. The number of hydrogen-bond donors (Lipinski definition) is 1. The number of nitriles is 1. The standard InChI is InChI=1S/C16H15BrN2O/c1-2-19-11-12-6-7-16(13(8-12)10-18)20-15-5-3-4-14(17)9-15/h3-9,19H,2,11H2,1H3. The summed E-state index contributed by atoms with van der Waals surface area (Å²) in [4.78, 5) is 0.